The number of hydrogen-bond donors (Lipinski definition) is 3. The molecular formula is C21H29FIN7. The van der Waals surface area contributed by atoms with Gasteiger partial charge >= 0.3 is 0 Å². The molecule has 9 heteroatoms. The van der Waals surface area contributed by atoms with Crippen LogP contribution in [-0.2, 0) is 13.5 Å². The molecule has 30 heavy (non-hydrogen) atoms. The lowest BCUT2D eigenvalue weighted by Crippen LogP contribution is -2.51. The number of fused-ring (bicyclic) bond motifs is 1. The maximum Gasteiger partial charge on any atom is 0.191 e. The Hall–Kier alpha value is -2.30. The van der Waals surface area contributed by atoms with Gasteiger partial charge in [-0.05, 0) is 43.0 Å². The summed E-state index contributed by atoms with van der Waals surface area (Å²) < 4.78 is 15.4. The van der Waals surface area contributed by atoms with Crippen LogP contribution in [0.2, 0.25) is 0 Å². The lowest BCUT2D eigenvalue weighted by atomic mass is 10.1. The molecule has 0 amide bonds. The summed E-state index contributed by atoms with van der Waals surface area (Å²) in [5, 5.41) is 12.1. The Kier molecular flexibility index (Phi) is 7.57. The number of hydrogen-bond acceptors (Lipinski definition) is 3. The molecule has 1 unspecified atom stereocenters. The molecule has 3 aromatic rings. The molecule has 0 radical (unpaired) electrons. The van der Waals surface area contributed by atoms with E-state index < -0.39 is 0 Å². The van der Waals surface area contributed by atoms with E-state index in [4.69, 9.17) is 0 Å². The Morgan fingerprint density at radius 3 is 3.03 bits per heavy atom. The highest BCUT2D eigenvalue weighted by Gasteiger charge is 2.21. The van der Waals surface area contributed by atoms with Gasteiger partial charge in [-0.1, -0.05) is 0 Å². The van der Waals surface area contributed by atoms with Crippen molar-refractivity contribution in [3.63, 3.8) is 0 Å². The van der Waals surface area contributed by atoms with Crippen LogP contribution in [-0.4, -0.2) is 53.4 Å². The van der Waals surface area contributed by atoms with Gasteiger partial charge in [-0.3, -0.25) is 9.67 Å². The minimum atomic E-state index is -0.209. The highest BCUT2D eigenvalue weighted by molar-refractivity contribution is 14.0. The van der Waals surface area contributed by atoms with Gasteiger partial charge in [0.15, 0.2) is 5.96 Å². The molecule has 1 aliphatic rings. The van der Waals surface area contributed by atoms with Crippen molar-refractivity contribution in [2.75, 3.05) is 31.6 Å². The molecule has 1 aliphatic heterocycles. The van der Waals surface area contributed by atoms with Gasteiger partial charge in [-0.2, -0.15) is 5.10 Å². The first kappa shape index (κ1) is 22.4. The predicted octanol–water partition coefficient (Wildman–Crippen LogP) is 3.04. The van der Waals surface area contributed by atoms with E-state index in [1.807, 2.05) is 24.1 Å². The first-order valence-electron chi connectivity index (χ1n) is 10.1. The van der Waals surface area contributed by atoms with Crippen molar-refractivity contribution >= 4 is 46.5 Å². The molecule has 162 valence electrons. The fraction of sp³-hybridized carbons (Fsp3) is 0.429. The van der Waals surface area contributed by atoms with Crippen molar-refractivity contribution in [2.24, 2.45) is 12.0 Å². The minimum Gasteiger partial charge on any atom is -0.367 e. The minimum absolute atomic E-state index is 0. The SMILES string of the molecule is CN=C(NCCc1c[nH]c2ccc(F)cc12)NC1CCCN(c2cnn(C)c2)C1.I. The number of aromatic nitrogens is 3. The number of nitrogens with zero attached hydrogens (tertiary/aromatic N) is 4. The number of anilines is 1. The Morgan fingerprint density at radius 2 is 2.27 bits per heavy atom. The van der Waals surface area contributed by atoms with Crippen LogP contribution in [0.1, 0.15) is 18.4 Å². The highest BCUT2D eigenvalue weighted by atomic mass is 127. The average molecular weight is 525 g/mol. The van der Waals surface area contributed by atoms with Gasteiger partial charge in [-0.25, -0.2) is 4.39 Å². The summed E-state index contributed by atoms with van der Waals surface area (Å²) in [6.45, 7) is 2.70. The number of aromatic amines is 1. The van der Waals surface area contributed by atoms with Gasteiger partial charge < -0.3 is 20.5 Å². The molecule has 3 heterocycles. The van der Waals surface area contributed by atoms with Crippen LogP contribution >= 0.6 is 24.0 Å². The van der Waals surface area contributed by atoms with E-state index in [9.17, 15) is 4.39 Å². The van der Waals surface area contributed by atoms with E-state index in [1.165, 1.54) is 6.07 Å². The lowest BCUT2D eigenvalue weighted by Gasteiger charge is -2.34. The predicted molar refractivity (Wildman–Crippen MR) is 130 cm³/mol. The van der Waals surface area contributed by atoms with Crippen molar-refractivity contribution in [3.05, 3.63) is 48.2 Å². The molecule has 1 aromatic carbocycles. The van der Waals surface area contributed by atoms with Crippen molar-refractivity contribution in [3.8, 4) is 0 Å². The fourth-order valence-corrected chi connectivity index (χ4v) is 3.96. The third-order valence-electron chi connectivity index (χ3n) is 5.46. The maximum atomic E-state index is 13.5. The molecule has 4 rings (SSSR count). The summed E-state index contributed by atoms with van der Waals surface area (Å²) in [6, 6.07) is 5.17. The summed E-state index contributed by atoms with van der Waals surface area (Å²) in [6.07, 6.45) is 8.95. The number of nitrogens with one attached hydrogen (secondary N) is 3. The van der Waals surface area contributed by atoms with Crippen molar-refractivity contribution in [2.45, 2.75) is 25.3 Å². The Balaban J connectivity index is 0.00000256. The number of guanidine groups is 1. The summed E-state index contributed by atoms with van der Waals surface area (Å²) in [5.74, 6) is 0.591. The molecule has 3 N–H and O–H groups in total. The number of aliphatic imine (C=N–C) groups is 1. The molecule has 0 aliphatic carbocycles. The molecule has 0 saturated carbocycles. The molecule has 1 fully saturated rings. The summed E-state index contributed by atoms with van der Waals surface area (Å²) in [7, 11) is 3.73. The second kappa shape index (κ2) is 10.1. The summed E-state index contributed by atoms with van der Waals surface area (Å²) >= 11 is 0. The monoisotopic (exact) mass is 525 g/mol. The van der Waals surface area contributed by atoms with E-state index in [0.717, 1.165) is 67.0 Å². The number of benzene rings is 1. The quantitative estimate of drug-likeness (QED) is 0.272. The van der Waals surface area contributed by atoms with Gasteiger partial charge in [-0.15, -0.1) is 24.0 Å². The lowest BCUT2D eigenvalue weighted by molar-refractivity contribution is 0.468. The molecule has 0 spiro atoms. The molecule has 7 nitrogen and oxygen atoms in total. The topological polar surface area (TPSA) is 73.3 Å². The fourth-order valence-electron chi connectivity index (χ4n) is 3.96. The zero-order chi connectivity index (χ0) is 20.2. The second-order valence-corrected chi connectivity index (χ2v) is 7.55. The Morgan fingerprint density at radius 1 is 1.40 bits per heavy atom. The third-order valence-corrected chi connectivity index (χ3v) is 5.46. The normalized spacial score (nSPS) is 17.1. The van der Waals surface area contributed by atoms with Crippen LogP contribution in [0.25, 0.3) is 10.9 Å². The number of halogens is 2. The molecular weight excluding hydrogens is 496 g/mol. The van der Waals surface area contributed by atoms with Crippen LogP contribution < -0.4 is 15.5 Å². The van der Waals surface area contributed by atoms with Crippen molar-refractivity contribution < 1.29 is 4.39 Å². The van der Waals surface area contributed by atoms with Crippen molar-refractivity contribution in [1.82, 2.24) is 25.4 Å². The number of H-pyrrole nitrogens is 1. The van der Waals surface area contributed by atoms with E-state index >= 15 is 0 Å². The van der Waals surface area contributed by atoms with Crippen molar-refractivity contribution in [1.29, 1.82) is 0 Å². The Bertz CT molecular complexity index is 996. The van der Waals surface area contributed by atoms with E-state index in [0.29, 0.717) is 6.04 Å². The molecule has 0 bridgehead atoms. The maximum absolute atomic E-state index is 13.5. The summed E-state index contributed by atoms with van der Waals surface area (Å²) in [5.41, 5.74) is 3.22. The van der Waals surface area contributed by atoms with Crippen LogP contribution in [0.5, 0.6) is 0 Å². The molecule has 1 saturated heterocycles. The van der Waals surface area contributed by atoms with Gasteiger partial charge in [0, 0.05) is 63.1 Å². The summed E-state index contributed by atoms with van der Waals surface area (Å²) in [4.78, 5) is 9.94. The van der Waals surface area contributed by atoms with E-state index in [1.54, 1.807) is 19.2 Å². The highest BCUT2D eigenvalue weighted by Crippen LogP contribution is 2.20. The van der Waals surface area contributed by atoms with Crippen LogP contribution in [0.3, 0.4) is 0 Å². The molecule has 2 aromatic heterocycles. The zero-order valence-corrected chi connectivity index (χ0v) is 19.7. The second-order valence-electron chi connectivity index (χ2n) is 7.55. The van der Waals surface area contributed by atoms with Gasteiger partial charge in [0.1, 0.15) is 5.82 Å². The first-order chi connectivity index (χ1) is 14.1. The largest absolute Gasteiger partial charge is 0.367 e. The van der Waals surface area contributed by atoms with E-state index in [-0.39, 0.29) is 29.8 Å². The standard InChI is InChI=1S/C21H28FN7.HI/c1-23-21(24-8-7-15-11-25-20-6-5-16(22)10-19(15)20)27-17-4-3-9-29(13-17)18-12-26-28(2)14-18;/h5-6,10-12,14,17,25H,3-4,7-9,13H2,1-2H3,(H2,23,24,27);1H. The third kappa shape index (κ3) is 5.24. The van der Waals surface area contributed by atoms with Crippen LogP contribution in [0.4, 0.5) is 10.1 Å². The molecule has 1 atom stereocenters. The zero-order valence-electron chi connectivity index (χ0n) is 17.4. The Labute approximate surface area is 193 Å². The number of piperidine rings is 1. The van der Waals surface area contributed by atoms with Crippen LogP contribution in [0, 0.1) is 5.82 Å². The van der Waals surface area contributed by atoms with Gasteiger partial charge in [0.25, 0.3) is 0 Å². The van der Waals surface area contributed by atoms with Crippen LogP contribution in [0.15, 0.2) is 41.8 Å². The number of rotatable bonds is 5. The van der Waals surface area contributed by atoms with E-state index in [2.05, 4.69) is 36.8 Å². The van der Waals surface area contributed by atoms with Gasteiger partial charge in [0.2, 0.25) is 0 Å². The first-order valence-corrected chi connectivity index (χ1v) is 10.1. The average Bonchev–Trinajstić information content (AvgIpc) is 3.33. The smallest absolute Gasteiger partial charge is 0.191 e. The number of aryl methyl sites for hydroxylation is 1. The van der Waals surface area contributed by atoms with Gasteiger partial charge in [0.05, 0.1) is 11.9 Å².